The molecule has 1 aromatic rings. The fourth-order valence-electron chi connectivity index (χ4n) is 1.48. The molecule has 1 unspecified atom stereocenters. The molecule has 0 spiro atoms. The number of hydrogen-bond acceptors (Lipinski definition) is 3. The van der Waals surface area contributed by atoms with Crippen molar-refractivity contribution in [3.63, 3.8) is 0 Å². The highest BCUT2D eigenvalue weighted by atomic mass is 32.1. The lowest BCUT2D eigenvalue weighted by Gasteiger charge is -2.30. The van der Waals surface area contributed by atoms with E-state index in [9.17, 15) is 4.79 Å². The number of carbonyl (C=O) groups is 1. The third kappa shape index (κ3) is 3.64. The summed E-state index contributed by atoms with van der Waals surface area (Å²) in [4.78, 5) is 11.7. The maximum atomic E-state index is 10.5. The highest BCUT2D eigenvalue weighted by Crippen LogP contribution is 2.34. The normalized spacial score (nSPS) is 13.8. The van der Waals surface area contributed by atoms with Gasteiger partial charge >= 0.3 is 5.97 Å². The van der Waals surface area contributed by atoms with E-state index >= 15 is 0 Å². The zero-order valence-corrected chi connectivity index (χ0v) is 10.1. The highest BCUT2D eigenvalue weighted by molar-refractivity contribution is 7.10. The second kappa shape index (κ2) is 4.77. The van der Waals surface area contributed by atoms with Crippen LogP contribution in [0.2, 0.25) is 0 Å². The van der Waals surface area contributed by atoms with Gasteiger partial charge in [0, 0.05) is 10.9 Å². The lowest BCUT2D eigenvalue weighted by atomic mass is 9.86. The van der Waals surface area contributed by atoms with Crippen LogP contribution < -0.4 is 5.32 Å². The molecular formula is C11H17NO2S. The molecule has 1 heterocycles. The maximum Gasteiger partial charge on any atom is 0.317 e. The topological polar surface area (TPSA) is 49.3 Å². The molecule has 1 atom stereocenters. The molecule has 0 aliphatic carbocycles. The van der Waals surface area contributed by atoms with Crippen LogP contribution in [0.15, 0.2) is 17.5 Å². The van der Waals surface area contributed by atoms with E-state index < -0.39 is 5.97 Å². The summed E-state index contributed by atoms with van der Waals surface area (Å²) in [5.74, 6) is -0.819. The largest absolute Gasteiger partial charge is 0.480 e. The quantitative estimate of drug-likeness (QED) is 0.831. The predicted molar refractivity (Wildman–Crippen MR) is 62.2 cm³/mol. The average molecular weight is 227 g/mol. The zero-order chi connectivity index (χ0) is 11.5. The molecule has 0 aliphatic rings. The maximum absolute atomic E-state index is 10.5. The molecule has 1 rings (SSSR count). The molecule has 3 nitrogen and oxygen atoms in total. The van der Waals surface area contributed by atoms with E-state index in [0.29, 0.717) is 0 Å². The molecule has 0 aromatic carbocycles. The van der Waals surface area contributed by atoms with Crippen LogP contribution in [0.1, 0.15) is 31.7 Å². The minimum Gasteiger partial charge on any atom is -0.480 e. The van der Waals surface area contributed by atoms with E-state index in [1.54, 1.807) is 11.3 Å². The number of carboxylic acid groups (broad SMARTS) is 1. The van der Waals surface area contributed by atoms with E-state index in [0.717, 1.165) is 0 Å². The van der Waals surface area contributed by atoms with Gasteiger partial charge in [-0.15, -0.1) is 11.3 Å². The molecule has 1 aromatic heterocycles. The Bertz CT molecular complexity index is 314. The molecule has 0 radical (unpaired) electrons. The first-order valence-corrected chi connectivity index (χ1v) is 5.78. The summed E-state index contributed by atoms with van der Waals surface area (Å²) in [5.41, 5.74) is 0.0142. The van der Waals surface area contributed by atoms with E-state index in [1.807, 2.05) is 17.5 Å². The Balaban J connectivity index is 2.76. The first-order chi connectivity index (χ1) is 6.91. The van der Waals surface area contributed by atoms with Gasteiger partial charge in [0.2, 0.25) is 0 Å². The molecule has 84 valence electrons. The van der Waals surface area contributed by atoms with Crippen molar-refractivity contribution in [3.05, 3.63) is 22.4 Å². The summed E-state index contributed by atoms with van der Waals surface area (Å²) in [6.45, 7) is 6.31. The summed E-state index contributed by atoms with van der Waals surface area (Å²) in [7, 11) is 0. The third-order valence-corrected chi connectivity index (χ3v) is 3.09. The minimum absolute atomic E-state index is 0.000162. The van der Waals surface area contributed by atoms with Crippen LogP contribution in [0.4, 0.5) is 0 Å². The van der Waals surface area contributed by atoms with E-state index in [4.69, 9.17) is 5.11 Å². The molecule has 4 heteroatoms. The number of hydrogen-bond donors (Lipinski definition) is 2. The van der Waals surface area contributed by atoms with Crippen molar-refractivity contribution in [2.45, 2.75) is 26.8 Å². The van der Waals surface area contributed by atoms with Gasteiger partial charge in [-0.2, -0.15) is 0 Å². The molecule has 0 amide bonds. The summed E-state index contributed by atoms with van der Waals surface area (Å²) in [6.07, 6.45) is 0. The van der Waals surface area contributed by atoms with Gasteiger partial charge in [-0.1, -0.05) is 26.8 Å². The minimum atomic E-state index is -0.819. The Morgan fingerprint density at radius 3 is 2.67 bits per heavy atom. The second-order valence-electron chi connectivity index (χ2n) is 4.59. The fourth-order valence-corrected chi connectivity index (χ4v) is 2.52. The average Bonchev–Trinajstić information content (AvgIpc) is 2.54. The van der Waals surface area contributed by atoms with Crippen molar-refractivity contribution >= 4 is 17.3 Å². The van der Waals surface area contributed by atoms with Crippen molar-refractivity contribution in [1.82, 2.24) is 5.32 Å². The van der Waals surface area contributed by atoms with E-state index in [1.165, 1.54) is 4.88 Å². The molecule has 0 aliphatic heterocycles. The Morgan fingerprint density at radius 2 is 2.27 bits per heavy atom. The zero-order valence-electron chi connectivity index (χ0n) is 9.28. The van der Waals surface area contributed by atoms with E-state index in [2.05, 4.69) is 26.1 Å². The van der Waals surface area contributed by atoms with Gasteiger partial charge < -0.3 is 5.11 Å². The monoisotopic (exact) mass is 227 g/mol. The van der Waals surface area contributed by atoms with Crippen molar-refractivity contribution in [3.8, 4) is 0 Å². The van der Waals surface area contributed by atoms with Crippen molar-refractivity contribution in [2.24, 2.45) is 5.41 Å². The van der Waals surface area contributed by atoms with Gasteiger partial charge in [-0.3, -0.25) is 10.1 Å². The lowest BCUT2D eigenvalue weighted by molar-refractivity contribution is -0.136. The predicted octanol–water partition coefficient (Wildman–Crippen LogP) is 2.51. The molecule has 15 heavy (non-hydrogen) atoms. The van der Waals surface area contributed by atoms with Gasteiger partial charge in [-0.05, 0) is 16.9 Å². The molecule has 0 saturated carbocycles. The Hall–Kier alpha value is -0.870. The fraction of sp³-hybridized carbons (Fsp3) is 0.545. The number of nitrogens with one attached hydrogen (secondary N) is 1. The van der Waals surface area contributed by atoms with Crippen LogP contribution in [-0.2, 0) is 4.79 Å². The lowest BCUT2D eigenvalue weighted by Crippen LogP contribution is -2.35. The molecule has 0 bridgehead atoms. The van der Waals surface area contributed by atoms with Crippen LogP contribution in [0.3, 0.4) is 0 Å². The Labute approximate surface area is 94.1 Å². The molecule has 0 fully saturated rings. The Morgan fingerprint density at radius 1 is 1.60 bits per heavy atom. The SMILES string of the molecule is CC(C)(C)C(NCC(=O)O)c1cccs1. The smallest absolute Gasteiger partial charge is 0.317 e. The second-order valence-corrected chi connectivity index (χ2v) is 5.57. The van der Waals surface area contributed by atoms with Gasteiger partial charge in [-0.25, -0.2) is 0 Å². The summed E-state index contributed by atoms with van der Waals surface area (Å²) in [6, 6.07) is 4.12. The van der Waals surface area contributed by atoms with Gasteiger partial charge in [0.25, 0.3) is 0 Å². The number of aliphatic carboxylic acids is 1. The van der Waals surface area contributed by atoms with E-state index in [-0.39, 0.29) is 18.0 Å². The van der Waals surface area contributed by atoms with Gasteiger partial charge in [0.15, 0.2) is 0 Å². The number of thiophene rings is 1. The van der Waals surface area contributed by atoms with Gasteiger partial charge in [0.05, 0.1) is 6.54 Å². The summed E-state index contributed by atoms with van der Waals surface area (Å²) < 4.78 is 0. The number of rotatable bonds is 4. The van der Waals surface area contributed by atoms with Crippen LogP contribution in [-0.4, -0.2) is 17.6 Å². The third-order valence-electron chi connectivity index (χ3n) is 2.15. The summed E-state index contributed by atoms with van der Waals surface area (Å²) in [5, 5.41) is 13.7. The van der Waals surface area contributed by atoms with Crippen LogP contribution in [0.5, 0.6) is 0 Å². The Kier molecular flexibility index (Phi) is 3.88. The van der Waals surface area contributed by atoms with Gasteiger partial charge in [0.1, 0.15) is 0 Å². The molecular weight excluding hydrogens is 210 g/mol. The van der Waals surface area contributed by atoms with Crippen molar-refractivity contribution in [1.29, 1.82) is 0 Å². The van der Waals surface area contributed by atoms with Crippen molar-refractivity contribution < 1.29 is 9.90 Å². The van der Waals surface area contributed by atoms with Crippen LogP contribution in [0.25, 0.3) is 0 Å². The standard InChI is InChI=1S/C11H17NO2S/c1-11(2,3)10(12-7-9(13)14)8-5-4-6-15-8/h4-6,10,12H,7H2,1-3H3,(H,13,14). The number of carboxylic acids is 1. The van der Waals surface area contributed by atoms with Crippen molar-refractivity contribution in [2.75, 3.05) is 6.54 Å². The summed E-state index contributed by atoms with van der Waals surface area (Å²) >= 11 is 1.65. The van der Waals surface area contributed by atoms with Crippen LogP contribution in [0, 0.1) is 5.41 Å². The first-order valence-electron chi connectivity index (χ1n) is 4.90. The molecule has 2 N–H and O–H groups in total. The molecule has 0 saturated heterocycles. The first kappa shape index (κ1) is 12.2. The van der Waals surface area contributed by atoms with Crippen LogP contribution >= 0.6 is 11.3 Å². The highest BCUT2D eigenvalue weighted by Gasteiger charge is 2.26.